The summed E-state index contributed by atoms with van der Waals surface area (Å²) in [5.41, 5.74) is 2.50. The lowest BCUT2D eigenvalue weighted by Gasteiger charge is -2.06. The van der Waals surface area contributed by atoms with Crippen molar-refractivity contribution < 1.29 is 4.39 Å². The Morgan fingerprint density at radius 3 is 2.53 bits per heavy atom. The fraction of sp³-hybridized carbons (Fsp3) is 0.625. The standard InChI is InChI=1S/C16H27F/c1-5-14(2)8-6-9-15(3)10-7-11-16(4)12-13-17/h7-8,11-12,15H,5-6,9-10,13H2,1-4H3/b11-7+,14-8+,16-12+. The maximum absolute atomic E-state index is 12.0. The molecule has 0 aromatic heterocycles. The molecule has 0 bridgehead atoms. The molecular weight excluding hydrogens is 211 g/mol. The fourth-order valence-corrected chi connectivity index (χ4v) is 1.55. The summed E-state index contributed by atoms with van der Waals surface area (Å²) in [6.45, 7) is 8.22. The molecule has 0 saturated heterocycles. The Morgan fingerprint density at radius 2 is 1.94 bits per heavy atom. The van der Waals surface area contributed by atoms with Gasteiger partial charge in [-0.05, 0) is 45.4 Å². The maximum Gasteiger partial charge on any atom is 0.108 e. The molecule has 0 aromatic carbocycles. The van der Waals surface area contributed by atoms with Gasteiger partial charge in [-0.25, -0.2) is 4.39 Å². The summed E-state index contributed by atoms with van der Waals surface area (Å²) >= 11 is 0. The van der Waals surface area contributed by atoms with E-state index >= 15 is 0 Å². The number of rotatable bonds is 8. The van der Waals surface area contributed by atoms with Crippen LogP contribution in [0.5, 0.6) is 0 Å². The highest BCUT2D eigenvalue weighted by Crippen LogP contribution is 2.13. The highest BCUT2D eigenvalue weighted by atomic mass is 19.1. The van der Waals surface area contributed by atoms with Gasteiger partial charge in [0.2, 0.25) is 0 Å². The molecule has 0 aliphatic heterocycles. The van der Waals surface area contributed by atoms with E-state index in [1.807, 2.05) is 13.0 Å². The van der Waals surface area contributed by atoms with Gasteiger partial charge in [-0.2, -0.15) is 0 Å². The number of halogens is 1. The highest BCUT2D eigenvalue weighted by molar-refractivity contribution is 5.15. The van der Waals surface area contributed by atoms with Crippen LogP contribution in [0.15, 0.2) is 35.5 Å². The predicted octanol–water partition coefficient (Wildman–Crippen LogP) is 5.62. The number of allylic oxidation sites excluding steroid dienone is 6. The van der Waals surface area contributed by atoms with Crippen molar-refractivity contribution in [3.63, 3.8) is 0 Å². The third kappa shape index (κ3) is 10.0. The Labute approximate surface area is 106 Å². The van der Waals surface area contributed by atoms with Crippen LogP contribution in [0.2, 0.25) is 0 Å². The van der Waals surface area contributed by atoms with E-state index in [4.69, 9.17) is 0 Å². The van der Waals surface area contributed by atoms with Crippen LogP contribution in [0.25, 0.3) is 0 Å². The first kappa shape index (κ1) is 16.1. The second kappa shape index (κ2) is 10.3. The zero-order valence-electron chi connectivity index (χ0n) is 11.8. The molecule has 0 nitrogen and oxygen atoms in total. The molecule has 0 spiro atoms. The van der Waals surface area contributed by atoms with Crippen LogP contribution in [0, 0.1) is 5.92 Å². The van der Waals surface area contributed by atoms with Crippen LogP contribution >= 0.6 is 0 Å². The Bertz CT molecular complexity index is 271. The van der Waals surface area contributed by atoms with E-state index in [0.29, 0.717) is 5.92 Å². The molecule has 17 heavy (non-hydrogen) atoms. The van der Waals surface area contributed by atoms with Crippen molar-refractivity contribution in [3.05, 3.63) is 35.5 Å². The predicted molar refractivity (Wildman–Crippen MR) is 75.9 cm³/mol. The zero-order valence-corrected chi connectivity index (χ0v) is 11.8. The Hall–Kier alpha value is -0.850. The van der Waals surface area contributed by atoms with Gasteiger partial charge in [0.15, 0.2) is 0 Å². The first-order chi connectivity index (χ1) is 8.10. The van der Waals surface area contributed by atoms with Crippen molar-refractivity contribution in [1.29, 1.82) is 0 Å². The Balaban J connectivity index is 3.80. The van der Waals surface area contributed by atoms with E-state index in [-0.39, 0.29) is 6.67 Å². The number of alkyl halides is 1. The van der Waals surface area contributed by atoms with Crippen molar-refractivity contribution in [2.45, 2.75) is 53.4 Å². The van der Waals surface area contributed by atoms with E-state index < -0.39 is 0 Å². The van der Waals surface area contributed by atoms with E-state index in [9.17, 15) is 4.39 Å². The largest absolute Gasteiger partial charge is 0.247 e. The van der Waals surface area contributed by atoms with Crippen LogP contribution in [-0.2, 0) is 0 Å². The molecule has 1 unspecified atom stereocenters. The van der Waals surface area contributed by atoms with Crippen LogP contribution in [0.4, 0.5) is 4.39 Å². The molecule has 1 atom stereocenters. The lowest BCUT2D eigenvalue weighted by atomic mass is 10.00. The first-order valence-corrected chi connectivity index (χ1v) is 6.65. The first-order valence-electron chi connectivity index (χ1n) is 6.65. The molecule has 0 saturated carbocycles. The van der Waals surface area contributed by atoms with Gasteiger partial charge in [-0.15, -0.1) is 0 Å². The van der Waals surface area contributed by atoms with E-state index in [1.54, 1.807) is 6.08 Å². The fourth-order valence-electron chi connectivity index (χ4n) is 1.55. The minimum absolute atomic E-state index is 0.368. The molecule has 0 rings (SSSR count). The lowest BCUT2D eigenvalue weighted by Crippen LogP contribution is -1.91. The molecule has 0 amide bonds. The average molecular weight is 238 g/mol. The molecule has 0 aromatic rings. The minimum atomic E-state index is -0.368. The summed E-state index contributed by atoms with van der Waals surface area (Å²) in [5.74, 6) is 0.699. The summed E-state index contributed by atoms with van der Waals surface area (Å²) in [5, 5.41) is 0. The molecular formula is C16H27F. The maximum atomic E-state index is 12.0. The van der Waals surface area contributed by atoms with Gasteiger partial charge in [-0.3, -0.25) is 0 Å². The van der Waals surface area contributed by atoms with Crippen molar-refractivity contribution in [2.75, 3.05) is 6.67 Å². The van der Waals surface area contributed by atoms with Gasteiger partial charge in [0.05, 0.1) is 0 Å². The van der Waals surface area contributed by atoms with Crippen LogP contribution in [0.3, 0.4) is 0 Å². The normalized spacial score (nSPS) is 15.6. The van der Waals surface area contributed by atoms with Crippen molar-refractivity contribution in [2.24, 2.45) is 5.92 Å². The van der Waals surface area contributed by atoms with Crippen molar-refractivity contribution in [3.8, 4) is 0 Å². The third-order valence-electron chi connectivity index (χ3n) is 3.03. The van der Waals surface area contributed by atoms with E-state index in [0.717, 1.165) is 18.4 Å². The highest BCUT2D eigenvalue weighted by Gasteiger charge is 1.98. The monoisotopic (exact) mass is 238 g/mol. The smallest absolute Gasteiger partial charge is 0.108 e. The van der Waals surface area contributed by atoms with Gasteiger partial charge in [0, 0.05) is 0 Å². The number of hydrogen-bond acceptors (Lipinski definition) is 0. The van der Waals surface area contributed by atoms with Crippen LogP contribution < -0.4 is 0 Å². The molecule has 0 aliphatic rings. The van der Waals surface area contributed by atoms with Crippen molar-refractivity contribution >= 4 is 0 Å². The molecule has 0 aliphatic carbocycles. The second-order valence-corrected chi connectivity index (χ2v) is 4.83. The van der Waals surface area contributed by atoms with Gasteiger partial charge in [-0.1, -0.05) is 49.3 Å². The van der Waals surface area contributed by atoms with E-state index in [2.05, 4.69) is 32.9 Å². The van der Waals surface area contributed by atoms with Gasteiger partial charge >= 0.3 is 0 Å². The Kier molecular flexibility index (Phi) is 9.80. The molecule has 0 fully saturated rings. The summed E-state index contributed by atoms with van der Waals surface area (Å²) in [6, 6.07) is 0. The summed E-state index contributed by atoms with van der Waals surface area (Å²) in [4.78, 5) is 0. The summed E-state index contributed by atoms with van der Waals surface area (Å²) in [7, 11) is 0. The van der Waals surface area contributed by atoms with Gasteiger partial charge < -0.3 is 0 Å². The molecule has 1 heteroatoms. The molecule has 0 heterocycles. The molecule has 98 valence electrons. The SMILES string of the molecule is CC/C(C)=C/CCC(C)C/C=C/C(C)=C/CF. The average Bonchev–Trinajstić information content (AvgIpc) is 2.29. The molecule has 0 N–H and O–H groups in total. The van der Waals surface area contributed by atoms with Crippen LogP contribution in [-0.4, -0.2) is 6.67 Å². The summed E-state index contributed by atoms with van der Waals surface area (Å²) in [6.07, 6.45) is 12.8. The minimum Gasteiger partial charge on any atom is -0.247 e. The lowest BCUT2D eigenvalue weighted by molar-refractivity contribution is 0.545. The second-order valence-electron chi connectivity index (χ2n) is 4.83. The van der Waals surface area contributed by atoms with Gasteiger partial charge in [0.1, 0.15) is 6.67 Å². The van der Waals surface area contributed by atoms with E-state index in [1.165, 1.54) is 18.4 Å². The number of hydrogen-bond donors (Lipinski definition) is 0. The quantitative estimate of drug-likeness (QED) is 0.380. The molecule has 0 radical (unpaired) electrons. The topological polar surface area (TPSA) is 0 Å². The summed E-state index contributed by atoms with van der Waals surface area (Å²) < 4.78 is 12.0. The van der Waals surface area contributed by atoms with Crippen molar-refractivity contribution in [1.82, 2.24) is 0 Å². The Morgan fingerprint density at radius 1 is 1.24 bits per heavy atom. The third-order valence-corrected chi connectivity index (χ3v) is 3.03. The zero-order chi connectivity index (χ0) is 13.1. The van der Waals surface area contributed by atoms with Gasteiger partial charge in [0.25, 0.3) is 0 Å². The van der Waals surface area contributed by atoms with Crippen LogP contribution in [0.1, 0.15) is 53.4 Å².